The van der Waals surface area contributed by atoms with Crippen LogP contribution in [0.2, 0.25) is 4.34 Å². The van der Waals surface area contributed by atoms with Crippen LogP contribution in [0.5, 0.6) is 0 Å². The number of piperazine rings is 1. The van der Waals surface area contributed by atoms with Gasteiger partial charge in [-0.2, -0.15) is 4.31 Å². The van der Waals surface area contributed by atoms with Crippen LogP contribution in [0.15, 0.2) is 46.9 Å². The number of halogens is 1. The number of carbonyl (C=O) groups excluding carboxylic acids is 1. The van der Waals surface area contributed by atoms with E-state index in [-0.39, 0.29) is 23.2 Å². The van der Waals surface area contributed by atoms with Crippen LogP contribution in [0.3, 0.4) is 0 Å². The van der Waals surface area contributed by atoms with E-state index in [1.165, 1.54) is 16.4 Å². The number of hydrogen-bond donors (Lipinski definition) is 0. The number of pyridine rings is 1. The molecular formula is C16H16ClN3O3S2. The molecule has 1 fully saturated rings. The molecule has 0 aliphatic carbocycles. The van der Waals surface area contributed by atoms with Crippen molar-refractivity contribution in [1.29, 1.82) is 0 Å². The average molecular weight is 398 g/mol. The molecule has 2 aromatic rings. The first kappa shape index (κ1) is 18.1. The van der Waals surface area contributed by atoms with Gasteiger partial charge < -0.3 is 4.90 Å². The molecule has 3 rings (SSSR count). The van der Waals surface area contributed by atoms with E-state index in [4.69, 9.17) is 11.6 Å². The quantitative estimate of drug-likeness (QED) is 0.742. The molecule has 132 valence electrons. The lowest BCUT2D eigenvalue weighted by atomic mass is 10.2. The van der Waals surface area contributed by atoms with Gasteiger partial charge in [0.15, 0.2) is 0 Å². The normalized spacial score (nSPS) is 16.4. The average Bonchev–Trinajstić information content (AvgIpc) is 3.08. The van der Waals surface area contributed by atoms with E-state index in [1.807, 2.05) is 6.07 Å². The van der Waals surface area contributed by atoms with Gasteiger partial charge in [-0.1, -0.05) is 17.7 Å². The summed E-state index contributed by atoms with van der Waals surface area (Å²) in [6.07, 6.45) is 6.52. The molecule has 0 saturated carbocycles. The predicted octanol–water partition coefficient (Wildman–Crippen LogP) is 2.34. The van der Waals surface area contributed by atoms with Gasteiger partial charge in [-0.05, 0) is 29.8 Å². The van der Waals surface area contributed by atoms with Crippen molar-refractivity contribution in [3.05, 3.63) is 52.6 Å². The number of thiophene rings is 1. The van der Waals surface area contributed by atoms with Crippen LogP contribution in [0.1, 0.15) is 5.56 Å². The Balaban J connectivity index is 1.60. The summed E-state index contributed by atoms with van der Waals surface area (Å²) in [7, 11) is -3.54. The molecule has 0 spiro atoms. The van der Waals surface area contributed by atoms with Gasteiger partial charge in [-0.3, -0.25) is 9.78 Å². The van der Waals surface area contributed by atoms with Gasteiger partial charge in [0.1, 0.15) is 4.21 Å². The van der Waals surface area contributed by atoms with Crippen molar-refractivity contribution in [2.75, 3.05) is 26.2 Å². The molecule has 0 N–H and O–H groups in total. The molecule has 6 nitrogen and oxygen atoms in total. The zero-order chi connectivity index (χ0) is 17.9. The van der Waals surface area contributed by atoms with Gasteiger partial charge in [0.05, 0.1) is 4.34 Å². The molecule has 0 bridgehead atoms. The molecule has 0 radical (unpaired) electrons. The van der Waals surface area contributed by atoms with Crippen molar-refractivity contribution in [1.82, 2.24) is 14.2 Å². The van der Waals surface area contributed by atoms with Gasteiger partial charge in [0, 0.05) is 44.6 Å². The van der Waals surface area contributed by atoms with Crippen molar-refractivity contribution in [3.63, 3.8) is 0 Å². The Morgan fingerprint density at radius 1 is 1.20 bits per heavy atom. The fraction of sp³-hybridized carbons (Fsp3) is 0.250. The summed E-state index contributed by atoms with van der Waals surface area (Å²) < 4.78 is 27.1. The van der Waals surface area contributed by atoms with E-state index < -0.39 is 10.0 Å². The lowest BCUT2D eigenvalue weighted by Gasteiger charge is -2.33. The van der Waals surface area contributed by atoms with E-state index in [0.29, 0.717) is 17.4 Å². The number of hydrogen-bond acceptors (Lipinski definition) is 5. The summed E-state index contributed by atoms with van der Waals surface area (Å²) in [6, 6.07) is 6.73. The van der Waals surface area contributed by atoms with Gasteiger partial charge in [-0.25, -0.2) is 8.42 Å². The largest absolute Gasteiger partial charge is 0.337 e. The maximum atomic E-state index is 12.5. The molecular weight excluding hydrogens is 382 g/mol. The molecule has 1 aliphatic heterocycles. The minimum atomic E-state index is -3.54. The van der Waals surface area contributed by atoms with Crippen molar-refractivity contribution in [3.8, 4) is 0 Å². The van der Waals surface area contributed by atoms with Crippen LogP contribution in [0, 0.1) is 0 Å². The van der Waals surface area contributed by atoms with Crippen molar-refractivity contribution in [2.45, 2.75) is 4.21 Å². The summed E-state index contributed by atoms with van der Waals surface area (Å²) in [5.41, 5.74) is 0.839. The van der Waals surface area contributed by atoms with E-state index in [0.717, 1.165) is 16.9 Å². The van der Waals surface area contributed by atoms with Crippen LogP contribution in [0.25, 0.3) is 6.08 Å². The Kier molecular flexibility index (Phi) is 5.53. The fourth-order valence-electron chi connectivity index (χ4n) is 2.46. The highest BCUT2D eigenvalue weighted by Gasteiger charge is 2.30. The van der Waals surface area contributed by atoms with Crippen LogP contribution in [-0.4, -0.2) is 54.7 Å². The second-order valence-corrected chi connectivity index (χ2v) is 9.29. The van der Waals surface area contributed by atoms with Gasteiger partial charge in [-0.15, -0.1) is 11.3 Å². The standard InChI is InChI=1S/C16H16ClN3O3S2/c17-14-4-6-16(24-14)25(22,23)20-10-8-19(9-11-20)15(21)5-3-13-2-1-7-18-12-13/h1-7,12H,8-11H2/b5-3+. The number of amides is 1. The Labute approximate surface area is 155 Å². The topological polar surface area (TPSA) is 70.6 Å². The fourth-order valence-corrected chi connectivity index (χ4v) is 5.52. The molecule has 2 aromatic heterocycles. The van der Waals surface area contributed by atoms with E-state index >= 15 is 0 Å². The monoisotopic (exact) mass is 397 g/mol. The maximum Gasteiger partial charge on any atom is 0.252 e. The number of sulfonamides is 1. The highest BCUT2D eigenvalue weighted by molar-refractivity contribution is 7.91. The van der Waals surface area contributed by atoms with Crippen LogP contribution >= 0.6 is 22.9 Å². The van der Waals surface area contributed by atoms with Gasteiger partial charge >= 0.3 is 0 Å². The van der Waals surface area contributed by atoms with E-state index in [9.17, 15) is 13.2 Å². The van der Waals surface area contributed by atoms with Gasteiger partial charge in [0.25, 0.3) is 10.0 Å². The van der Waals surface area contributed by atoms with E-state index in [1.54, 1.807) is 35.5 Å². The Morgan fingerprint density at radius 3 is 2.56 bits per heavy atom. The summed E-state index contributed by atoms with van der Waals surface area (Å²) in [4.78, 5) is 17.9. The zero-order valence-electron chi connectivity index (χ0n) is 13.2. The molecule has 1 amide bonds. The highest BCUT2D eigenvalue weighted by atomic mass is 35.5. The first-order valence-corrected chi connectivity index (χ1v) is 10.2. The summed E-state index contributed by atoms with van der Waals surface area (Å²) in [5.74, 6) is -0.139. The minimum Gasteiger partial charge on any atom is -0.337 e. The Bertz CT molecular complexity index is 873. The van der Waals surface area contributed by atoms with Crippen molar-refractivity contribution in [2.24, 2.45) is 0 Å². The molecule has 0 atom stereocenters. The zero-order valence-corrected chi connectivity index (χ0v) is 15.6. The number of aromatic nitrogens is 1. The molecule has 25 heavy (non-hydrogen) atoms. The Hall–Kier alpha value is -1.74. The maximum absolute atomic E-state index is 12.5. The summed E-state index contributed by atoms with van der Waals surface area (Å²) in [6.45, 7) is 1.25. The molecule has 9 heteroatoms. The third-order valence-electron chi connectivity index (χ3n) is 3.80. The van der Waals surface area contributed by atoms with Crippen molar-refractivity contribution < 1.29 is 13.2 Å². The first-order valence-electron chi connectivity index (χ1n) is 7.59. The van der Waals surface area contributed by atoms with Gasteiger partial charge in [0.2, 0.25) is 5.91 Å². The summed E-state index contributed by atoms with van der Waals surface area (Å²) in [5, 5.41) is 0. The molecule has 1 saturated heterocycles. The number of nitrogens with zero attached hydrogens (tertiary/aromatic N) is 3. The third-order valence-corrected chi connectivity index (χ3v) is 7.39. The first-order chi connectivity index (χ1) is 12.0. The smallest absolute Gasteiger partial charge is 0.252 e. The minimum absolute atomic E-state index is 0.139. The van der Waals surface area contributed by atoms with Crippen LogP contribution in [0.4, 0.5) is 0 Å². The lowest BCUT2D eigenvalue weighted by Crippen LogP contribution is -2.50. The SMILES string of the molecule is O=C(/C=C/c1cccnc1)N1CCN(S(=O)(=O)c2ccc(Cl)s2)CC1. The third kappa shape index (κ3) is 4.27. The number of rotatable bonds is 4. The molecule has 0 aromatic carbocycles. The highest BCUT2D eigenvalue weighted by Crippen LogP contribution is 2.28. The van der Waals surface area contributed by atoms with Crippen LogP contribution in [-0.2, 0) is 14.8 Å². The number of carbonyl (C=O) groups is 1. The second-order valence-electron chi connectivity index (χ2n) is 5.41. The Morgan fingerprint density at radius 2 is 1.96 bits per heavy atom. The second kappa shape index (κ2) is 7.65. The van der Waals surface area contributed by atoms with E-state index in [2.05, 4.69) is 4.98 Å². The molecule has 1 aliphatic rings. The molecule has 3 heterocycles. The lowest BCUT2D eigenvalue weighted by molar-refractivity contribution is -0.127. The molecule has 0 unspecified atom stereocenters. The predicted molar refractivity (Wildman–Crippen MR) is 97.9 cm³/mol. The van der Waals surface area contributed by atoms with Crippen molar-refractivity contribution >= 4 is 44.9 Å². The summed E-state index contributed by atoms with van der Waals surface area (Å²) >= 11 is 6.87. The van der Waals surface area contributed by atoms with Crippen LogP contribution < -0.4 is 0 Å².